The van der Waals surface area contributed by atoms with Crippen LogP contribution < -0.4 is 5.32 Å². The lowest BCUT2D eigenvalue weighted by Crippen LogP contribution is -2.37. The number of nitrogens with zero attached hydrogens (tertiary/aromatic N) is 3. The minimum absolute atomic E-state index is 0.0841. The molecule has 2 heterocycles. The van der Waals surface area contributed by atoms with E-state index in [1.54, 1.807) is 11.3 Å². The monoisotopic (exact) mass is 586 g/mol. The molecule has 7 heteroatoms. The maximum absolute atomic E-state index is 12.8. The van der Waals surface area contributed by atoms with Gasteiger partial charge in [-0.15, -0.1) is 11.3 Å². The number of aromatic nitrogens is 1. The third kappa shape index (κ3) is 8.98. The molecule has 1 aromatic heterocycles. The van der Waals surface area contributed by atoms with Gasteiger partial charge in [-0.2, -0.15) is 0 Å². The molecule has 0 aliphatic carbocycles. The number of rotatable bonds is 13. The number of hydrogen-bond acceptors (Lipinski definition) is 5. The Morgan fingerprint density at radius 3 is 2.32 bits per heavy atom. The van der Waals surface area contributed by atoms with Crippen molar-refractivity contribution in [2.75, 3.05) is 32.7 Å². The van der Waals surface area contributed by atoms with Crippen LogP contribution in [0.4, 0.5) is 0 Å². The molecule has 5 rings (SSSR count). The summed E-state index contributed by atoms with van der Waals surface area (Å²) in [5.41, 5.74) is 4.32. The molecule has 5 nitrogen and oxygen atoms in total. The van der Waals surface area contributed by atoms with Crippen LogP contribution in [0.25, 0.3) is 0 Å². The predicted molar refractivity (Wildman–Crippen MR) is 170 cm³/mol. The van der Waals surface area contributed by atoms with E-state index in [9.17, 15) is 4.79 Å². The maximum Gasteiger partial charge on any atom is 0.270 e. The molecule has 1 saturated heterocycles. The Morgan fingerprint density at radius 1 is 0.927 bits per heavy atom. The Labute approximate surface area is 253 Å². The Balaban J connectivity index is 1.26. The van der Waals surface area contributed by atoms with Crippen LogP contribution in [-0.4, -0.2) is 53.4 Å². The molecular weight excluding hydrogens is 548 g/mol. The molecule has 4 aromatic rings. The summed E-state index contributed by atoms with van der Waals surface area (Å²) in [6.45, 7) is 6.14. The molecule has 0 radical (unpaired) electrons. The molecule has 1 aliphatic rings. The molecule has 0 bridgehead atoms. The average molecular weight is 587 g/mol. The van der Waals surface area contributed by atoms with E-state index >= 15 is 0 Å². The topological polar surface area (TPSA) is 48.5 Å². The first-order valence-electron chi connectivity index (χ1n) is 14.7. The molecule has 0 atom stereocenters. The minimum Gasteiger partial charge on any atom is -0.349 e. The number of hydrogen-bond donors (Lipinski definition) is 1. The first-order valence-corrected chi connectivity index (χ1v) is 15.9. The van der Waals surface area contributed by atoms with Crippen LogP contribution in [-0.2, 0) is 13.1 Å². The van der Waals surface area contributed by atoms with Gasteiger partial charge < -0.3 is 10.2 Å². The highest BCUT2D eigenvalue weighted by Crippen LogP contribution is 2.29. The quantitative estimate of drug-likeness (QED) is 0.179. The van der Waals surface area contributed by atoms with Gasteiger partial charge in [0.25, 0.3) is 5.91 Å². The van der Waals surface area contributed by atoms with E-state index in [1.165, 1.54) is 36.0 Å². The second-order valence-corrected chi connectivity index (χ2v) is 12.2. The number of likely N-dealkylation sites (tertiary alicyclic amines) is 1. The molecule has 0 spiro atoms. The lowest BCUT2D eigenvalue weighted by atomic mass is 9.88. The first kappa shape index (κ1) is 29.5. The Morgan fingerprint density at radius 2 is 1.63 bits per heavy atom. The summed E-state index contributed by atoms with van der Waals surface area (Å²) in [5.74, 6) is 0.205. The van der Waals surface area contributed by atoms with Crippen molar-refractivity contribution in [1.82, 2.24) is 20.1 Å². The fourth-order valence-electron chi connectivity index (χ4n) is 5.60. The van der Waals surface area contributed by atoms with Crippen LogP contribution >= 0.6 is 22.9 Å². The van der Waals surface area contributed by atoms with Crippen molar-refractivity contribution in [2.24, 2.45) is 0 Å². The van der Waals surface area contributed by atoms with E-state index in [4.69, 9.17) is 16.6 Å². The van der Waals surface area contributed by atoms with Crippen molar-refractivity contribution in [3.05, 3.63) is 123 Å². The molecule has 3 aromatic carbocycles. The molecule has 214 valence electrons. The van der Waals surface area contributed by atoms with E-state index in [-0.39, 0.29) is 11.8 Å². The molecule has 0 saturated carbocycles. The predicted octanol–water partition coefficient (Wildman–Crippen LogP) is 7.24. The second kappa shape index (κ2) is 15.3. The van der Waals surface area contributed by atoms with Crippen molar-refractivity contribution in [3.8, 4) is 0 Å². The van der Waals surface area contributed by atoms with Crippen molar-refractivity contribution < 1.29 is 4.79 Å². The molecule has 1 aliphatic heterocycles. The second-order valence-electron chi connectivity index (χ2n) is 10.8. The molecule has 1 fully saturated rings. The number of carbonyl (C=O) groups excluding carboxylic acids is 1. The lowest BCUT2D eigenvalue weighted by Gasteiger charge is -2.26. The van der Waals surface area contributed by atoms with Gasteiger partial charge in [0.1, 0.15) is 10.7 Å². The van der Waals surface area contributed by atoms with Crippen LogP contribution in [0.3, 0.4) is 0 Å². The number of piperidine rings is 1. The van der Waals surface area contributed by atoms with Crippen molar-refractivity contribution in [2.45, 2.75) is 44.7 Å². The lowest BCUT2D eigenvalue weighted by molar-refractivity contribution is 0.0942. The highest BCUT2D eigenvalue weighted by atomic mass is 35.5. The van der Waals surface area contributed by atoms with E-state index in [2.05, 4.69) is 81.8 Å². The summed E-state index contributed by atoms with van der Waals surface area (Å²) in [7, 11) is 0. The van der Waals surface area contributed by atoms with Crippen molar-refractivity contribution in [3.63, 3.8) is 0 Å². The van der Waals surface area contributed by atoms with Gasteiger partial charge in [-0.05, 0) is 67.7 Å². The van der Waals surface area contributed by atoms with Gasteiger partial charge >= 0.3 is 0 Å². The average Bonchev–Trinajstić information content (AvgIpc) is 3.47. The zero-order chi connectivity index (χ0) is 28.3. The van der Waals surface area contributed by atoms with E-state index in [1.807, 2.05) is 23.6 Å². The van der Waals surface area contributed by atoms with E-state index in [0.717, 1.165) is 49.2 Å². The summed E-state index contributed by atoms with van der Waals surface area (Å²) < 4.78 is 0. The number of benzene rings is 3. The van der Waals surface area contributed by atoms with Gasteiger partial charge in [0.2, 0.25) is 0 Å². The minimum atomic E-state index is -0.0841. The van der Waals surface area contributed by atoms with E-state index in [0.29, 0.717) is 18.8 Å². The zero-order valence-corrected chi connectivity index (χ0v) is 25.1. The SMILES string of the molecule is O=C(NCCN1CCCCC1)c1csc(CN(CCC(c2ccccc2)c2ccccc2)Cc2cccc(Cl)c2)n1. The van der Waals surface area contributed by atoms with Gasteiger partial charge in [-0.1, -0.05) is 90.8 Å². The Hall–Kier alpha value is -3.03. The van der Waals surface area contributed by atoms with Crippen LogP contribution in [0.1, 0.15) is 63.8 Å². The zero-order valence-electron chi connectivity index (χ0n) is 23.6. The largest absolute Gasteiger partial charge is 0.349 e. The number of amides is 1. The summed E-state index contributed by atoms with van der Waals surface area (Å²) in [5, 5.41) is 6.65. The smallest absolute Gasteiger partial charge is 0.270 e. The molecule has 1 amide bonds. The van der Waals surface area contributed by atoms with Crippen molar-refractivity contribution in [1.29, 1.82) is 0 Å². The third-order valence-corrected chi connectivity index (χ3v) is 8.81. The third-order valence-electron chi connectivity index (χ3n) is 7.74. The van der Waals surface area contributed by atoms with Crippen LogP contribution in [0.2, 0.25) is 5.02 Å². The van der Waals surface area contributed by atoms with Gasteiger partial charge in [0, 0.05) is 36.0 Å². The van der Waals surface area contributed by atoms with Crippen LogP contribution in [0, 0.1) is 0 Å². The normalized spacial score (nSPS) is 14.0. The molecule has 41 heavy (non-hydrogen) atoms. The van der Waals surface area contributed by atoms with Crippen LogP contribution in [0.15, 0.2) is 90.3 Å². The Kier molecular flexibility index (Phi) is 11.0. The van der Waals surface area contributed by atoms with Gasteiger partial charge in [0.15, 0.2) is 0 Å². The molecule has 0 unspecified atom stereocenters. The maximum atomic E-state index is 12.8. The highest BCUT2D eigenvalue weighted by molar-refractivity contribution is 7.09. The van der Waals surface area contributed by atoms with Crippen LogP contribution in [0.5, 0.6) is 0 Å². The van der Waals surface area contributed by atoms with Gasteiger partial charge in [0.05, 0.1) is 6.54 Å². The summed E-state index contributed by atoms with van der Waals surface area (Å²) in [6.07, 6.45) is 4.79. The Bertz CT molecular complexity index is 1320. The van der Waals surface area contributed by atoms with Gasteiger partial charge in [-0.25, -0.2) is 4.98 Å². The standard InChI is InChI=1S/C34H39ClN4OS/c35-30-16-10-11-27(23-30)24-39(21-17-31(28-12-4-1-5-13-28)29-14-6-2-7-15-29)25-33-37-32(26-41-33)34(40)36-18-22-38-19-8-3-9-20-38/h1-2,4-7,10-16,23,26,31H,3,8-9,17-22,24-25H2,(H,36,40). The summed E-state index contributed by atoms with van der Waals surface area (Å²) in [6, 6.07) is 29.5. The first-order chi connectivity index (χ1) is 20.1. The number of halogens is 1. The number of carbonyl (C=O) groups is 1. The van der Waals surface area contributed by atoms with Gasteiger partial charge in [-0.3, -0.25) is 9.69 Å². The number of nitrogens with one attached hydrogen (secondary N) is 1. The summed E-state index contributed by atoms with van der Waals surface area (Å²) >= 11 is 7.89. The fraction of sp³-hybridized carbons (Fsp3) is 0.353. The fourth-order valence-corrected chi connectivity index (χ4v) is 6.62. The summed E-state index contributed by atoms with van der Waals surface area (Å²) in [4.78, 5) is 22.4. The van der Waals surface area contributed by atoms with E-state index < -0.39 is 0 Å². The molecule has 1 N–H and O–H groups in total. The molecular formula is C34H39ClN4OS. The van der Waals surface area contributed by atoms with Crippen molar-refractivity contribution >= 4 is 28.8 Å². The highest BCUT2D eigenvalue weighted by Gasteiger charge is 2.19. The number of thiazole rings is 1.